The lowest BCUT2D eigenvalue weighted by Gasteiger charge is -2.35. The minimum atomic E-state index is -0.404. The molecular formula is C18H29N2O2+. The summed E-state index contributed by atoms with van der Waals surface area (Å²) in [6.45, 7) is 8.33. The third-order valence-corrected chi connectivity index (χ3v) is 4.69. The van der Waals surface area contributed by atoms with Crippen LogP contribution < -0.4 is 11.1 Å². The minimum Gasteiger partial charge on any atom is -0.459 e. The van der Waals surface area contributed by atoms with Crippen LogP contribution in [0.25, 0.3) is 0 Å². The Morgan fingerprint density at radius 2 is 1.91 bits per heavy atom. The van der Waals surface area contributed by atoms with Gasteiger partial charge in [-0.25, -0.2) is 0 Å². The lowest BCUT2D eigenvalue weighted by atomic mass is 9.83. The topological polar surface area (TPSA) is 68.9 Å². The molecule has 4 heteroatoms. The van der Waals surface area contributed by atoms with E-state index in [-0.39, 0.29) is 18.4 Å². The molecule has 0 bridgehead atoms. The van der Waals surface area contributed by atoms with Gasteiger partial charge in [0, 0.05) is 24.8 Å². The van der Waals surface area contributed by atoms with E-state index in [1.54, 1.807) is 0 Å². The third-order valence-electron chi connectivity index (χ3n) is 4.69. The molecule has 1 aromatic carbocycles. The molecule has 1 unspecified atom stereocenters. The summed E-state index contributed by atoms with van der Waals surface area (Å²) in [7, 11) is 0. The van der Waals surface area contributed by atoms with Crippen molar-refractivity contribution in [2.45, 2.75) is 51.7 Å². The van der Waals surface area contributed by atoms with Gasteiger partial charge >= 0.3 is 5.97 Å². The number of rotatable bonds is 5. The minimum absolute atomic E-state index is 0.201. The smallest absolute Gasteiger partial charge is 0.308 e. The van der Waals surface area contributed by atoms with Gasteiger partial charge in [0.15, 0.2) is 0 Å². The number of hydrogen-bond acceptors (Lipinski definition) is 3. The Morgan fingerprint density at radius 3 is 2.50 bits per heavy atom. The van der Waals surface area contributed by atoms with Gasteiger partial charge in [0.25, 0.3) is 0 Å². The largest absolute Gasteiger partial charge is 0.459 e. The number of ether oxygens (including phenoxy) is 1. The van der Waals surface area contributed by atoms with Crippen LogP contribution in [0, 0.1) is 12.8 Å². The predicted molar refractivity (Wildman–Crippen MR) is 87.3 cm³/mol. The summed E-state index contributed by atoms with van der Waals surface area (Å²) in [4.78, 5) is 12.2. The molecule has 4 nitrogen and oxygen atoms in total. The van der Waals surface area contributed by atoms with Crippen LogP contribution in [-0.2, 0) is 9.53 Å². The maximum atomic E-state index is 12.2. The van der Waals surface area contributed by atoms with Crippen molar-refractivity contribution in [3.63, 3.8) is 0 Å². The molecule has 1 aliphatic heterocycles. The van der Waals surface area contributed by atoms with E-state index < -0.39 is 5.60 Å². The summed E-state index contributed by atoms with van der Waals surface area (Å²) >= 11 is 0. The van der Waals surface area contributed by atoms with Gasteiger partial charge in [-0.1, -0.05) is 29.8 Å². The zero-order chi connectivity index (χ0) is 16.2. The van der Waals surface area contributed by atoms with E-state index in [9.17, 15) is 4.79 Å². The van der Waals surface area contributed by atoms with Gasteiger partial charge in [-0.05, 0) is 26.3 Å². The zero-order valence-corrected chi connectivity index (χ0v) is 14.0. The summed E-state index contributed by atoms with van der Waals surface area (Å²) in [5, 5.41) is 2.32. The average molecular weight is 305 g/mol. The fraction of sp³-hybridized carbons (Fsp3) is 0.611. The number of nitrogens with two attached hydrogens (primary N) is 2. The van der Waals surface area contributed by atoms with Crippen molar-refractivity contribution in [1.29, 1.82) is 0 Å². The lowest BCUT2D eigenvalue weighted by molar-refractivity contribution is -0.665. The van der Waals surface area contributed by atoms with E-state index in [4.69, 9.17) is 10.5 Å². The number of benzene rings is 1. The number of carbonyl (C=O) groups is 1. The first-order valence-electron chi connectivity index (χ1n) is 8.24. The molecule has 1 aliphatic rings. The molecule has 1 heterocycles. The predicted octanol–water partition coefficient (Wildman–Crippen LogP) is 1.68. The summed E-state index contributed by atoms with van der Waals surface area (Å²) in [5.74, 6) is 0.240. The summed E-state index contributed by atoms with van der Waals surface area (Å²) in [6.07, 6.45) is 2.43. The van der Waals surface area contributed by atoms with E-state index in [0.717, 1.165) is 31.5 Å². The highest BCUT2D eigenvalue weighted by Crippen LogP contribution is 2.29. The van der Waals surface area contributed by atoms with Crippen molar-refractivity contribution in [1.82, 2.24) is 0 Å². The molecular weight excluding hydrogens is 276 g/mol. The normalized spacial score (nSPS) is 18.0. The molecule has 0 amide bonds. The maximum absolute atomic E-state index is 12.2. The monoisotopic (exact) mass is 305 g/mol. The number of piperidine rings is 1. The highest BCUT2D eigenvalue weighted by Gasteiger charge is 2.35. The maximum Gasteiger partial charge on any atom is 0.308 e. The highest BCUT2D eigenvalue weighted by atomic mass is 16.6. The quantitative estimate of drug-likeness (QED) is 0.813. The molecule has 1 fully saturated rings. The molecule has 1 aromatic rings. The Hall–Kier alpha value is -1.39. The Balaban J connectivity index is 1.89. The second-order valence-electron chi connectivity index (χ2n) is 6.94. The third kappa shape index (κ3) is 4.55. The lowest BCUT2D eigenvalue weighted by Crippen LogP contribution is -2.86. The van der Waals surface area contributed by atoms with Crippen LogP contribution in [0.4, 0.5) is 0 Å². The fourth-order valence-electron chi connectivity index (χ4n) is 3.15. The van der Waals surface area contributed by atoms with E-state index in [1.807, 2.05) is 45.0 Å². The average Bonchev–Trinajstić information content (AvgIpc) is 2.48. The second-order valence-corrected chi connectivity index (χ2v) is 6.94. The fourth-order valence-corrected chi connectivity index (χ4v) is 3.15. The molecule has 1 atom stereocenters. The van der Waals surface area contributed by atoms with Crippen LogP contribution in [0.15, 0.2) is 24.3 Å². The number of carbonyl (C=O) groups excluding carboxylic acids is 1. The van der Waals surface area contributed by atoms with Crippen LogP contribution in [-0.4, -0.2) is 24.7 Å². The van der Waals surface area contributed by atoms with Gasteiger partial charge in [-0.3, -0.25) is 4.79 Å². The Morgan fingerprint density at radius 1 is 1.32 bits per heavy atom. The first-order valence-corrected chi connectivity index (χ1v) is 8.24. The molecule has 0 aliphatic carbocycles. The van der Waals surface area contributed by atoms with Crippen molar-refractivity contribution < 1.29 is 14.8 Å². The first-order chi connectivity index (χ1) is 10.4. The van der Waals surface area contributed by atoms with Crippen molar-refractivity contribution in [2.75, 3.05) is 13.1 Å². The van der Waals surface area contributed by atoms with Crippen molar-refractivity contribution in [3.8, 4) is 0 Å². The zero-order valence-electron chi connectivity index (χ0n) is 14.0. The molecule has 0 saturated carbocycles. The summed E-state index contributed by atoms with van der Waals surface area (Å²) < 4.78 is 5.76. The molecule has 0 spiro atoms. The summed E-state index contributed by atoms with van der Waals surface area (Å²) in [5.41, 5.74) is 7.90. The SMILES string of the molecule is Cc1ccc(C(N)CC(=O)OC(C)(C)C2CC[NH2+]CC2)cc1. The number of aryl methyl sites for hydroxylation is 1. The van der Waals surface area contributed by atoms with Crippen LogP contribution in [0.1, 0.15) is 50.3 Å². The first kappa shape index (κ1) is 17.0. The van der Waals surface area contributed by atoms with Crippen LogP contribution in [0.2, 0.25) is 0 Å². The van der Waals surface area contributed by atoms with Crippen molar-refractivity contribution >= 4 is 5.97 Å². The summed E-state index contributed by atoms with van der Waals surface area (Å²) in [6, 6.07) is 7.69. The highest BCUT2D eigenvalue weighted by molar-refractivity contribution is 5.71. The van der Waals surface area contributed by atoms with Gasteiger partial charge < -0.3 is 15.8 Å². The Kier molecular flexibility index (Phi) is 5.59. The standard InChI is InChI=1S/C18H28N2O2/c1-13-4-6-14(7-5-13)16(19)12-17(21)22-18(2,3)15-8-10-20-11-9-15/h4-7,15-16,20H,8-12,19H2,1-3H3/p+1. The van der Waals surface area contributed by atoms with Gasteiger partial charge in [0.2, 0.25) is 0 Å². The van der Waals surface area contributed by atoms with Gasteiger partial charge in [0.1, 0.15) is 5.60 Å². The van der Waals surface area contributed by atoms with E-state index >= 15 is 0 Å². The number of esters is 1. The van der Waals surface area contributed by atoms with Gasteiger partial charge in [-0.15, -0.1) is 0 Å². The number of quaternary nitrogens is 1. The van der Waals surface area contributed by atoms with Crippen LogP contribution in [0.5, 0.6) is 0 Å². The molecule has 1 saturated heterocycles. The Labute approximate surface area is 133 Å². The van der Waals surface area contributed by atoms with Crippen molar-refractivity contribution in [2.24, 2.45) is 11.7 Å². The molecule has 0 radical (unpaired) electrons. The van der Waals surface area contributed by atoms with E-state index in [1.165, 1.54) is 5.56 Å². The van der Waals surface area contributed by atoms with Crippen LogP contribution >= 0.6 is 0 Å². The van der Waals surface area contributed by atoms with E-state index in [0.29, 0.717) is 5.92 Å². The second kappa shape index (κ2) is 7.25. The van der Waals surface area contributed by atoms with Gasteiger partial charge in [0.05, 0.1) is 19.5 Å². The molecule has 2 rings (SSSR count). The van der Waals surface area contributed by atoms with Crippen molar-refractivity contribution in [3.05, 3.63) is 35.4 Å². The van der Waals surface area contributed by atoms with Gasteiger partial charge in [-0.2, -0.15) is 0 Å². The Bertz CT molecular complexity index is 490. The number of hydrogen-bond donors (Lipinski definition) is 2. The molecule has 4 N–H and O–H groups in total. The molecule has 22 heavy (non-hydrogen) atoms. The molecule has 122 valence electrons. The van der Waals surface area contributed by atoms with E-state index in [2.05, 4.69) is 5.32 Å². The van der Waals surface area contributed by atoms with Crippen LogP contribution in [0.3, 0.4) is 0 Å². The molecule has 0 aromatic heterocycles.